The van der Waals surface area contributed by atoms with Crippen molar-refractivity contribution in [3.05, 3.63) is 89.8 Å². The number of nitrogens with one attached hydrogen (secondary N) is 3. The maximum absolute atomic E-state index is 15.3. The van der Waals surface area contributed by atoms with Crippen LogP contribution in [0, 0.1) is 24.5 Å². The van der Waals surface area contributed by atoms with Gasteiger partial charge >= 0.3 is 0 Å². The van der Waals surface area contributed by atoms with E-state index in [0.717, 1.165) is 19.5 Å². The van der Waals surface area contributed by atoms with Crippen molar-refractivity contribution in [2.45, 2.75) is 32.1 Å². The van der Waals surface area contributed by atoms with Gasteiger partial charge in [-0.25, -0.2) is 27.8 Å². The number of sulfonamides is 1. The van der Waals surface area contributed by atoms with Crippen molar-refractivity contribution in [3.63, 3.8) is 0 Å². The molecule has 5 rings (SSSR count). The summed E-state index contributed by atoms with van der Waals surface area (Å²) in [6.45, 7) is 5.42. The summed E-state index contributed by atoms with van der Waals surface area (Å²) >= 11 is 0. The molecule has 214 valence electrons. The number of ether oxygens (including phenoxy) is 1. The Labute approximate surface area is 237 Å². The molecule has 41 heavy (non-hydrogen) atoms. The van der Waals surface area contributed by atoms with Gasteiger partial charge in [-0.3, -0.25) is 4.72 Å². The molecule has 3 N–H and O–H groups in total. The number of nitrogens with zero attached hydrogens (tertiary/aromatic N) is 3. The normalized spacial score (nSPS) is 17.2. The third-order valence-electron chi connectivity index (χ3n) is 6.62. The van der Waals surface area contributed by atoms with Gasteiger partial charge in [0.25, 0.3) is 0 Å². The second-order valence-electron chi connectivity index (χ2n) is 10.1. The number of pyridine rings is 1. The van der Waals surface area contributed by atoms with Crippen LogP contribution in [0.2, 0.25) is 0 Å². The van der Waals surface area contributed by atoms with Crippen LogP contribution in [-0.4, -0.2) is 42.5 Å². The Kier molecular flexibility index (Phi) is 8.41. The third kappa shape index (κ3) is 6.95. The Morgan fingerprint density at radius 3 is 2.61 bits per heavy atom. The van der Waals surface area contributed by atoms with Crippen molar-refractivity contribution in [2.24, 2.45) is 5.92 Å². The van der Waals surface area contributed by atoms with Crippen LogP contribution in [0.3, 0.4) is 0 Å². The lowest BCUT2D eigenvalue weighted by atomic mass is 9.98. The average Bonchev–Trinajstić information content (AvgIpc) is 2.94. The maximum Gasteiger partial charge on any atom is 0.237 e. The molecule has 3 heterocycles. The molecule has 0 bridgehead atoms. The Morgan fingerprint density at radius 1 is 1.02 bits per heavy atom. The average molecular weight is 581 g/mol. The van der Waals surface area contributed by atoms with Gasteiger partial charge in [-0.2, -0.15) is 4.39 Å². The molecule has 0 aliphatic carbocycles. The Balaban J connectivity index is 1.38. The summed E-state index contributed by atoms with van der Waals surface area (Å²) < 4.78 is 63.6. The lowest BCUT2D eigenvalue weighted by molar-refractivity contribution is 0.377. The zero-order chi connectivity index (χ0) is 29.0. The lowest BCUT2D eigenvalue weighted by Gasteiger charge is -2.28. The third-order valence-corrected chi connectivity index (χ3v) is 7.86. The fourth-order valence-corrected chi connectivity index (χ4v) is 5.91. The topological polar surface area (TPSA) is 118 Å². The quantitative estimate of drug-likeness (QED) is 0.245. The summed E-state index contributed by atoms with van der Waals surface area (Å²) in [6.07, 6.45) is 4.04. The van der Waals surface area contributed by atoms with E-state index in [0.29, 0.717) is 28.7 Å². The molecule has 0 spiro atoms. The van der Waals surface area contributed by atoms with Crippen LogP contribution in [0.1, 0.15) is 24.5 Å². The van der Waals surface area contributed by atoms with Gasteiger partial charge in [-0.1, -0.05) is 37.3 Å². The van der Waals surface area contributed by atoms with Crippen LogP contribution in [0.25, 0.3) is 11.3 Å². The van der Waals surface area contributed by atoms with Crippen LogP contribution < -0.4 is 20.1 Å². The summed E-state index contributed by atoms with van der Waals surface area (Å²) in [4.78, 5) is 13.2. The fourth-order valence-electron chi connectivity index (χ4n) is 4.72. The zero-order valence-electron chi connectivity index (χ0n) is 22.6. The summed E-state index contributed by atoms with van der Waals surface area (Å²) in [5, 5.41) is 6.72. The largest absolute Gasteiger partial charge is 0.435 e. The smallest absolute Gasteiger partial charge is 0.237 e. The van der Waals surface area contributed by atoms with Crippen molar-refractivity contribution in [3.8, 4) is 22.9 Å². The molecule has 2 atom stereocenters. The minimum absolute atomic E-state index is 0.00362. The highest BCUT2D eigenvalue weighted by Gasteiger charge is 2.24. The van der Waals surface area contributed by atoms with E-state index in [-0.39, 0.29) is 17.5 Å². The number of hydrogen-bond acceptors (Lipinski definition) is 8. The molecule has 1 unspecified atom stereocenters. The van der Waals surface area contributed by atoms with Crippen LogP contribution in [0.5, 0.6) is 11.6 Å². The molecule has 4 aromatic rings. The number of piperidine rings is 1. The van der Waals surface area contributed by atoms with Gasteiger partial charge in [0.1, 0.15) is 0 Å². The molecule has 1 fully saturated rings. The van der Waals surface area contributed by atoms with Crippen molar-refractivity contribution in [1.29, 1.82) is 0 Å². The van der Waals surface area contributed by atoms with E-state index < -0.39 is 38.8 Å². The van der Waals surface area contributed by atoms with E-state index in [1.165, 1.54) is 19.2 Å². The minimum Gasteiger partial charge on any atom is -0.435 e. The summed E-state index contributed by atoms with van der Waals surface area (Å²) in [5.41, 5.74) is 1.09. The van der Waals surface area contributed by atoms with Crippen LogP contribution in [0.15, 0.2) is 67.0 Å². The Morgan fingerprint density at radius 2 is 1.83 bits per heavy atom. The molecule has 0 saturated carbocycles. The summed E-state index contributed by atoms with van der Waals surface area (Å²) in [5.74, 6) is -2.58. The van der Waals surface area contributed by atoms with Crippen LogP contribution in [-0.2, 0) is 15.8 Å². The van der Waals surface area contributed by atoms with Crippen molar-refractivity contribution >= 4 is 21.7 Å². The van der Waals surface area contributed by atoms with Crippen molar-refractivity contribution in [2.75, 3.05) is 23.1 Å². The number of anilines is 2. The molecular weight excluding hydrogens is 550 g/mol. The van der Waals surface area contributed by atoms with Crippen LogP contribution in [0.4, 0.5) is 20.4 Å². The van der Waals surface area contributed by atoms with Crippen LogP contribution >= 0.6 is 0 Å². The molecule has 0 amide bonds. The molecule has 2 aromatic heterocycles. The van der Waals surface area contributed by atoms with Gasteiger partial charge in [0, 0.05) is 25.0 Å². The maximum atomic E-state index is 15.3. The van der Waals surface area contributed by atoms with E-state index in [2.05, 4.69) is 37.2 Å². The number of rotatable bonds is 9. The molecule has 1 aliphatic rings. The van der Waals surface area contributed by atoms with E-state index in [4.69, 9.17) is 4.74 Å². The standard InChI is InChI=1S/C29H30F2N6O3S/c1-18-13-21(16-32-15-18)35-29-34-12-10-23(36-29)22-9-6-11-33-28(22)40-27-19(2)14-24(25(30)26(27)31)37-41(38,39)17-20-7-4-3-5-8-20/h3-12,14,18,21,32,37H,13,15-17H2,1-2H3,(H,34,35,36)/t18-,21?/m1/s1. The first kappa shape index (κ1) is 28.4. The first-order chi connectivity index (χ1) is 19.7. The number of aromatic nitrogens is 3. The predicted molar refractivity (Wildman–Crippen MR) is 153 cm³/mol. The molecule has 2 aromatic carbocycles. The lowest BCUT2D eigenvalue weighted by Crippen LogP contribution is -2.42. The number of aryl methyl sites for hydroxylation is 1. The first-order valence-electron chi connectivity index (χ1n) is 13.1. The molecule has 0 radical (unpaired) electrons. The first-order valence-corrected chi connectivity index (χ1v) is 14.8. The second-order valence-corrected chi connectivity index (χ2v) is 11.8. The number of hydrogen-bond donors (Lipinski definition) is 3. The molecule has 1 aliphatic heterocycles. The van der Waals surface area contributed by atoms with Gasteiger partial charge in [0.05, 0.1) is 22.7 Å². The minimum atomic E-state index is -4.01. The molecule has 12 heteroatoms. The SMILES string of the molecule is Cc1cc(NS(=O)(=O)Cc2ccccc2)c(F)c(F)c1Oc1ncccc1-c1ccnc(NC2CNC[C@H](C)C2)n1. The van der Waals surface area contributed by atoms with E-state index in [1.54, 1.807) is 54.7 Å². The monoisotopic (exact) mass is 580 g/mol. The highest BCUT2D eigenvalue weighted by atomic mass is 32.2. The van der Waals surface area contributed by atoms with E-state index in [1.807, 2.05) is 0 Å². The fraction of sp³-hybridized carbons (Fsp3) is 0.276. The molecule has 9 nitrogen and oxygen atoms in total. The highest BCUT2D eigenvalue weighted by molar-refractivity contribution is 7.91. The number of benzene rings is 2. The van der Waals surface area contributed by atoms with Crippen molar-refractivity contribution in [1.82, 2.24) is 20.3 Å². The number of halogens is 2. The van der Waals surface area contributed by atoms with Gasteiger partial charge in [0.15, 0.2) is 11.6 Å². The van der Waals surface area contributed by atoms with E-state index in [9.17, 15) is 8.42 Å². The van der Waals surface area contributed by atoms with Crippen molar-refractivity contribution < 1.29 is 21.9 Å². The highest BCUT2D eigenvalue weighted by Crippen LogP contribution is 2.37. The summed E-state index contributed by atoms with van der Waals surface area (Å²) in [7, 11) is -4.01. The van der Waals surface area contributed by atoms with Gasteiger partial charge in [-0.15, -0.1) is 0 Å². The second kappa shape index (κ2) is 12.1. The molecular formula is C29H30F2N6O3S. The van der Waals surface area contributed by atoms with Gasteiger partial charge in [-0.05, 0) is 61.2 Å². The Bertz CT molecular complexity index is 1640. The predicted octanol–water partition coefficient (Wildman–Crippen LogP) is 5.27. The van der Waals surface area contributed by atoms with Gasteiger partial charge < -0.3 is 15.4 Å². The van der Waals surface area contributed by atoms with E-state index >= 15 is 8.78 Å². The summed E-state index contributed by atoms with van der Waals surface area (Å²) in [6, 6.07) is 14.8. The Hall–Kier alpha value is -4.16. The zero-order valence-corrected chi connectivity index (χ0v) is 23.4. The molecule has 1 saturated heterocycles. The van der Waals surface area contributed by atoms with Gasteiger partial charge in [0.2, 0.25) is 27.7 Å².